The van der Waals surface area contributed by atoms with Crippen LogP contribution in [0.15, 0.2) is 24.0 Å². The number of likely N-dealkylation sites (N-methyl/N-ethyl adjacent to an activating group) is 1. The number of carbonyl (C=O) groups is 5. The van der Waals surface area contributed by atoms with Gasteiger partial charge in [-0.2, -0.15) is 0 Å². The molecule has 0 fully saturated rings. The topological polar surface area (TPSA) is 198 Å². The number of carbonyl (C=O) groups excluding carboxylic acids is 4. The molecular weight excluding hydrogens is 600 g/mol. The first-order valence-electron chi connectivity index (χ1n) is 15.6. The number of benzene rings is 1. The highest BCUT2D eigenvalue weighted by Gasteiger charge is 2.69. The first-order chi connectivity index (χ1) is 21.6. The number of carboxylic acids is 1. The van der Waals surface area contributed by atoms with E-state index in [-0.39, 0.29) is 48.5 Å². The number of phenols is 1. The molecule has 0 saturated carbocycles. The molecular formula is C33H44N2O11. The van der Waals surface area contributed by atoms with Crippen molar-refractivity contribution in [3.8, 4) is 11.5 Å². The lowest BCUT2D eigenvalue weighted by Gasteiger charge is -2.56. The summed E-state index contributed by atoms with van der Waals surface area (Å²) in [6, 6.07) is 1.79. The maximum Gasteiger partial charge on any atom is 0.326 e. The number of ether oxygens (including phenoxy) is 3. The zero-order valence-electron chi connectivity index (χ0n) is 27.0. The highest BCUT2D eigenvalue weighted by Crippen LogP contribution is 2.63. The second-order valence-corrected chi connectivity index (χ2v) is 12.9. The Morgan fingerprint density at radius 2 is 1.83 bits per heavy atom. The van der Waals surface area contributed by atoms with Crippen LogP contribution in [0.3, 0.4) is 0 Å². The fraction of sp³-hybridized carbons (Fsp3) is 0.606. The van der Waals surface area contributed by atoms with E-state index in [0.717, 1.165) is 5.56 Å². The highest BCUT2D eigenvalue weighted by molar-refractivity contribution is 5.90. The van der Waals surface area contributed by atoms with Gasteiger partial charge in [0.1, 0.15) is 17.6 Å². The number of rotatable bonds is 14. The number of amides is 1. The molecule has 13 nitrogen and oxygen atoms in total. The molecule has 0 spiro atoms. The summed E-state index contributed by atoms with van der Waals surface area (Å²) < 4.78 is 17.3. The highest BCUT2D eigenvalue weighted by atomic mass is 16.6. The Morgan fingerprint density at radius 3 is 2.41 bits per heavy atom. The number of aliphatic carboxylic acids is 1. The van der Waals surface area contributed by atoms with Crippen LogP contribution < -0.4 is 15.4 Å². The van der Waals surface area contributed by atoms with Crippen molar-refractivity contribution in [3.05, 3.63) is 35.1 Å². The molecule has 0 bridgehead atoms. The Hall–Kier alpha value is -3.97. The van der Waals surface area contributed by atoms with Gasteiger partial charge in [0, 0.05) is 24.4 Å². The van der Waals surface area contributed by atoms with E-state index in [1.54, 1.807) is 33.0 Å². The fourth-order valence-electron chi connectivity index (χ4n) is 7.24. The number of aromatic hydroxyl groups is 1. The summed E-state index contributed by atoms with van der Waals surface area (Å²) in [4.78, 5) is 62.7. The van der Waals surface area contributed by atoms with Crippen LogP contribution in [0, 0.1) is 11.8 Å². The minimum atomic E-state index is -1.39. The molecule has 7 atom stereocenters. The van der Waals surface area contributed by atoms with Crippen LogP contribution in [-0.4, -0.2) is 81.9 Å². The maximum atomic E-state index is 13.3. The Balaban J connectivity index is 1.52. The van der Waals surface area contributed by atoms with Crippen LogP contribution in [0.1, 0.15) is 77.8 Å². The molecule has 1 heterocycles. The van der Waals surface area contributed by atoms with E-state index in [1.165, 1.54) is 19.9 Å². The summed E-state index contributed by atoms with van der Waals surface area (Å²) >= 11 is 0. The Kier molecular flexibility index (Phi) is 10.2. The number of carboxylic acid groups (broad SMARTS) is 1. The molecule has 4 rings (SSSR count). The van der Waals surface area contributed by atoms with Crippen LogP contribution >= 0.6 is 0 Å². The van der Waals surface area contributed by atoms with Gasteiger partial charge in [-0.15, -0.1) is 0 Å². The average molecular weight is 645 g/mol. The van der Waals surface area contributed by atoms with Crippen LogP contribution in [0.4, 0.5) is 0 Å². The number of nitrogens with one attached hydrogen (secondary N) is 2. The van der Waals surface area contributed by atoms with Gasteiger partial charge in [0.25, 0.3) is 5.91 Å². The molecule has 3 aliphatic rings. The first kappa shape index (κ1) is 34.9. The molecule has 0 radical (unpaired) electrons. The standard InChI is InChI=1S/C33H44N2O11/c1-7-32-26-19-8-9-22(37)27(26)46-28(32)23(10-11-33(32,43)24(14-19)34-6)45-25(38)15-20(13-17(4)36)31(42)44-18(5)29(39)35-21(30(40)41)12-16(2)3/h8-10,16,18,20-21,24,28,34,37,43H,7,11-15H2,1-6H3,(H,35,39)(H,40,41)/t18-,20-,21-,24+,28-,32-,33+/m0/s1. The van der Waals surface area contributed by atoms with Crippen molar-refractivity contribution < 1.29 is 53.5 Å². The van der Waals surface area contributed by atoms with Crippen LogP contribution in [0.2, 0.25) is 0 Å². The lowest BCUT2D eigenvalue weighted by molar-refractivity contribution is -0.163. The summed E-state index contributed by atoms with van der Waals surface area (Å²) in [7, 11) is 1.76. The molecule has 2 aliphatic carbocycles. The van der Waals surface area contributed by atoms with E-state index in [4.69, 9.17) is 14.2 Å². The number of phenolic OH excluding ortho intramolecular Hbond substituents is 1. The van der Waals surface area contributed by atoms with Crippen molar-refractivity contribution in [2.24, 2.45) is 11.8 Å². The Labute approximate surface area is 267 Å². The largest absolute Gasteiger partial charge is 0.504 e. The van der Waals surface area contributed by atoms with E-state index in [9.17, 15) is 39.3 Å². The summed E-state index contributed by atoms with van der Waals surface area (Å²) in [5.74, 6) is -5.39. The Morgan fingerprint density at radius 1 is 1.13 bits per heavy atom. The molecule has 1 aliphatic heterocycles. The van der Waals surface area contributed by atoms with Crippen molar-refractivity contribution in [2.75, 3.05) is 7.05 Å². The fourth-order valence-corrected chi connectivity index (χ4v) is 7.24. The third-order valence-electron chi connectivity index (χ3n) is 9.40. The molecule has 0 unspecified atom stereocenters. The quantitative estimate of drug-likeness (QED) is 0.185. The zero-order chi connectivity index (χ0) is 34.1. The predicted molar refractivity (Wildman–Crippen MR) is 163 cm³/mol. The van der Waals surface area contributed by atoms with Gasteiger partial charge in [-0.1, -0.05) is 26.8 Å². The second kappa shape index (κ2) is 13.4. The third-order valence-corrected chi connectivity index (χ3v) is 9.40. The van der Waals surface area contributed by atoms with E-state index in [1.807, 2.05) is 6.92 Å². The van der Waals surface area contributed by atoms with Crippen molar-refractivity contribution in [3.63, 3.8) is 0 Å². The molecule has 252 valence electrons. The number of esters is 2. The van der Waals surface area contributed by atoms with E-state index >= 15 is 0 Å². The predicted octanol–water partition coefficient (Wildman–Crippen LogP) is 2.04. The van der Waals surface area contributed by atoms with Crippen molar-refractivity contribution in [1.82, 2.24) is 10.6 Å². The molecule has 0 aromatic heterocycles. The lowest BCUT2D eigenvalue weighted by Crippen LogP contribution is -2.70. The van der Waals surface area contributed by atoms with Crippen molar-refractivity contribution in [1.29, 1.82) is 0 Å². The first-order valence-corrected chi connectivity index (χ1v) is 15.6. The van der Waals surface area contributed by atoms with Crippen LogP contribution in [-0.2, 0) is 45.3 Å². The van der Waals surface area contributed by atoms with Gasteiger partial charge in [-0.25, -0.2) is 4.79 Å². The van der Waals surface area contributed by atoms with Gasteiger partial charge in [0.05, 0.1) is 23.4 Å². The van der Waals surface area contributed by atoms with Crippen molar-refractivity contribution >= 4 is 29.6 Å². The summed E-state index contributed by atoms with van der Waals surface area (Å²) in [6.45, 7) is 8.01. The minimum Gasteiger partial charge on any atom is -0.504 e. The number of aliphatic hydroxyl groups is 1. The van der Waals surface area contributed by atoms with Crippen molar-refractivity contribution in [2.45, 2.75) is 108 Å². The van der Waals surface area contributed by atoms with Gasteiger partial charge in [-0.3, -0.25) is 14.4 Å². The normalized spacial score (nSPS) is 26.1. The molecule has 1 aromatic rings. The molecule has 5 N–H and O–H groups in total. The SMILES string of the molecule is CC[C@]12c3c4ccc(O)c3O[C@H]1C(OC(=O)C[C@H](CC(C)=O)C(=O)O[C@@H](C)C(=O)N[C@@H](CC(C)C)C(=O)O)=CC[C@@]2(O)[C@H](NC)C4. The number of hydrogen-bond donors (Lipinski definition) is 5. The minimum absolute atomic E-state index is 0.0232. The molecule has 46 heavy (non-hydrogen) atoms. The van der Waals surface area contributed by atoms with Gasteiger partial charge in [0.15, 0.2) is 23.7 Å². The van der Waals surface area contributed by atoms with Gasteiger partial charge in [-0.05, 0) is 63.8 Å². The molecule has 1 amide bonds. The van der Waals surface area contributed by atoms with E-state index in [2.05, 4.69) is 10.6 Å². The number of Topliss-reactive ketones (excluding diaryl/α,β-unsaturated/α-hetero) is 1. The molecule has 1 aromatic carbocycles. The van der Waals surface area contributed by atoms with Gasteiger partial charge in [0.2, 0.25) is 0 Å². The van der Waals surface area contributed by atoms with Crippen LogP contribution in [0.5, 0.6) is 11.5 Å². The number of ketones is 1. The van der Waals surface area contributed by atoms with Gasteiger partial charge >= 0.3 is 17.9 Å². The summed E-state index contributed by atoms with van der Waals surface area (Å²) in [5, 5.41) is 37.9. The number of hydrogen-bond acceptors (Lipinski definition) is 11. The lowest BCUT2D eigenvalue weighted by atomic mass is 9.52. The Bertz CT molecular complexity index is 1440. The second-order valence-electron chi connectivity index (χ2n) is 12.9. The van der Waals surface area contributed by atoms with Crippen LogP contribution in [0.25, 0.3) is 0 Å². The average Bonchev–Trinajstić information content (AvgIpc) is 3.35. The van der Waals surface area contributed by atoms with E-state index in [0.29, 0.717) is 18.4 Å². The van der Waals surface area contributed by atoms with E-state index < -0.39 is 71.2 Å². The molecule has 13 heteroatoms. The monoisotopic (exact) mass is 644 g/mol. The third kappa shape index (κ3) is 6.22. The smallest absolute Gasteiger partial charge is 0.326 e. The molecule has 0 saturated heterocycles. The summed E-state index contributed by atoms with van der Waals surface area (Å²) in [5.41, 5.74) is -0.818. The summed E-state index contributed by atoms with van der Waals surface area (Å²) in [6.07, 6.45) is -0.536. The van der Waals surface area contributed by atoms with Gasteiger partial charge < -0.3 is 45.0 Å². The maximum absolute atomic E-state index is 13.3. The zero-order valence-corrected chi connectivity index (χ0v) is 27.0.